The maximum Gasteiger partial charge on any atom is 0.121 e. The van der Waals surface area contributed by atoms with Crippen LogP contribution in [0, 0.1) is 11.3 Å². The second-order valence-electron chi connectivity index (χ2n) is 3.64. The quantitative estimate of drug-likeness (QED) is 0.705. The summed E-state index contributed by atoms with van der Waals surface area (Å²) in [5.74, 6) is 2.65. The SMILES string of the molecule is COc1ccc(C#N)c(NCCSCCCO)c1. The molecule has 0 aromatic heterocycles. The Labute approximate surface area is 112 Å². The lowest BCUT2D eigenvalue weighted by Gasteiger charge is -2.09. The standard InChI is InChI=1S/C13H18N2O2S/c1-17-12-4-3-11(10-14)13(9-12)15-5-8-18-7-2-6-16/h3-4,9,15-16H,2,5-8H2,1H3. The third kappa shape index (κ3) is 4.86. The number of methoxy groups -OCH3 is 1. The van der Waals surface area contributed by atoms with E-state index in [1.165, 1.54) is 0 Å². The predicted octanol–water partition coefficient (Wildman–Crippen LogP) is 2.09. The van der Waals surface area contributed by atoms with Gasteiger partial charge in [-0.3, -0.25) is 0 Å². The van der Waals surface area contributed by atoms with Crippen molar-refractivity contribution in [2.24, 2.45) is 0 Å². The molecule has 0 saturated carbocycles. The maximum absolute atomic E-state index is 8.99. The van der Waals surface area contributed by atoms with Gasteiger partial charge >= 0.3 is 0 Å². The molecule has 0 spiro atoms. The number of aliphatic hydroxyl groups is 1. The number of ether oxygens (including phenoxy) is 1. The van der Waals surface area contributed by atoms with E-state index < -0.39 is 0 Å². The molecule has 0 aliphatic heterocycles. The lowest BCUT2D eigenvalue weighted by atomic mass is 10.2. The molecule has 0 aliphatic carbocycles. The van der Waals surface area contributed by atoms with Crippen LogP contribution in [-0.4, -0.2) is 36.9 Å². The molecule has 0 fully saturated rings. The summed E-state index contributed by atoms with van der Waals surface area (Å²) in [5, 5.41) is 20.9. The Morgan fingerprint density at radius 1 is 1.44 bits per heavy atom. The van der Waals surface area contributed by atoms with E-state index in [2.05, 4.69) is 11.4 Å². The van der Waals surface area contributed by atoms with E-state index in [0.29, 0.717) is 5.56 Å². The molecule has 1 aromatic carbocycles. The van der Waals surface area contributed by atoms with Crippen LogP contribution in [0.5, 0.6) is 5.75 Å². The van der Waals surface area contributed by atoms with Gasteiger partial charge in [-0.2, -0.15) is 17.0 Å². The van der Waals surface area contributed by atoms with Gasteiger partial charge in [0.15, 0.2) is 0 Å². The second-order valence-corrected chi connectivity index (χ2v) is 4.86. The molecule has 0 aliphatic rings. The number of hydrogen-bond donors (Lipinski definition) is 2. The number of anilines is 1. The lowest BCUT2D eigenvalue weighted by molar-refractivity contribution is 0.296. The maximum atomic E-state index is 8.99. The Balaban J connectivity index is 2.43. The zero-order valence-electron chi connectivity index (χ0n) is 10.5. The van der Waals surface area contributed by atoms with Crippen molar-refractivity contribution in [3.8, 4) is 11.8 Å². The van der Waals surface area contributed by atoms with Crippen molar-refractivity contribution in [2.75, 3.05) is 37.1 Å². The Morgan fingerprint density at radius 2 is 2.28 bits per heavy atom. The molecule has 0 amide bonds. The minimum atomic E-state index is 0.245. The molecule has 1 aromatic rings. The average molecular weight is 266 g/mol. The molecule has 98 valence electrons. The summed E-state index contributed by atoms with van der Waals surface area (Å²) in [4.78, 5) is 0. The van der Waals surface area contributed by atoms with Crippen molar-refractivity contribution in [3.63, 3.8) is 0 Å². The van der Waals surface area contributed by atoms with Gasteiger partial charge in [0, 0.05) is 25.0 Å². The number of thioether (sulfide) groups is 1. The fraction of sp³-hybridized carbons (Fsp3) is 0.462. The van der Waals surface area contributed by atoms with Crippen LogP contribution in [0.1, 0.15) is 12.0 Å². The van der Waals surface area contributed by atoms with Crippen LogP contribution in [0.15, 0.2) is 18.2 Å². The number of aliphatic hydroxyl groups excluding tert-OH is 1. The molecule has 5 heteroatoms. The third-order valence-electron chi connectivity index (χ3n) is 2.36. The monoisotopic (exact) mass is 266 g/mol. The summed E-state index contributed by atoms with van der Waals surface area (Å²) in [6, 6.07) is 7.51. The van der Waals surface area contributed by atoms with Gasteiger partial charge in [0.1, 0.15) is 11.8 Å². The molecule has 0 unspecified atom stereocenters. The summed E-state index contributed by atoms with van der Waals surface area (Å²) in [5.41, 5.74) is 1.43. The van der Waals surface area contributed by atoms with Crippen molar-refractivity contribution >= 4 is 17.4 Å². The lowest BCUT2D eigenvalue weighted by Crippen LogP contribution is -2.06. The smallest absolute Gasteiger partial charge is 0.121 e. The van der Waals surface area contributed by atoms with E-state index in [1.807, 2.05) is 6.07 Å². The molecule has 0 bridgehead atoms. The van der Waals surface area contributed by atoms with Crippen LogP contribution >= 0.6 is 11.8 Å². The predicted molar refractivity (Wildman–Crippen MR) is 75.2 cm³/mol. The van der Waals surface area contributed by atoms with Crippen LogP contribution in [0.2, 0.25) is 0 Å². The van der Waals surface area contributed by atoms with Crippen molar-refractivity contribution in [2.45, 2.75) is 6.42 Å². The highest BCUT2D eigenvalue weighted by molar-refractivity contribution is 7.99. The molecule has 2 N–H and O–H groups in total. The third-order valence-corrected chi connectivity index (χ3v) is 3.43. The molecule has 18 heavy (non-hydrogen) atoms. The summed E-state index contributed by atoms with van der Waals surface area (Å²) in [6.07, 6.45) is 0.827. The van der Waals surface area contributed by atoms with Gasteiger partial charge in [0.2, 0.25) is 0 Å². The Hall–Kier alpha value is -1.38. The van der Waals surface area contributed by atoms with Crippen LogP contribution < -0.4 is 10.1 Å². The average Bonchev–Trinajstić information content (AvgIpc) is 2.42. The van der Waals surface area contributed by atoms with E-state index >= 15 is 0 Å². The van der Waals surface area contributed by atoms with E-state index in [-0.39, 0.29) is 6.61 Å². The first-order valence-electron chi connectivity index (χ1n) is 5.82. The van der Waals surface area contributed by atoms with Gasteiger partial charge in [0.05, 0.1) is 18.4 Å². The Bertz CT molecular complexity index is 404. The van der Waals surface area contributed by atoms with Gasteiger partial charge in [-0.15, -0.1) is 0 Å². The topological polar surface area (TPSA) is 65.3 Å². The van der Waals surface area contributed by atoms with E-state index in [4.69, 9.17) is 15.1 Å². The van der Waals surface area contributed by atoms with Crippen LogP contribution in [0.3, 0.4) is 0 Å². The van der Waals surface area contributed by atoms with E-state index in [1.54, 1.807) is 31.0 Å². The molecule has 4 nitrogen and oxygen atoms in total. The van der Waals surface area contributed by atoms with E-state index in [0.717, 1.165) is 35.9 Å². The highest BCUT2D eigenvalue weighted by atomic mass is 32.2. The van der Waals surface area contributed by atoms with Crippen molar-refractivity contribution in [3.05, 3.63) is 23.8 Å². The molecule has 0 radical (unpaired) electrons. The second kappa shape index (κ2) is 8.67. The fourth-order valence-electron chi connectivity index (χ4n) is 1.42. The van der Waals surface area contributed by atoms with Crippen LogP contribution in [0.25, 0.3) is 0 Å². The molecule has 1 rings (SSSR count). The van der Waals surface area contributed by atoms with Crippen molar-refractivity contribution in [1.29, 1.82) is 5.26 Å². The normalized spacial score (nSPS) is 9.83. The molecular weight excluding hydrogens is 248 g/mol. The first-order chi connectivity index (χ1) is 8.81. The van der Waals surface area contributed by atoms with Gasteiger partial charge in [0.25, 0.3) is 0 Å². The van der Waals surface area contributed by atoms with Crippen LogP contribution in [0.4, 0.5) is 5.69 Å². The molecule has 0 heterocycles. The zero-order valence-corrected chi connectivity index (χ0v) is 11.3. The number of nitrogens with one attached hydrogen (secondary N) is 1. The van der Waals surface area contributed by atoms with Gasteiger partial charge in [-0.05, 0) is 24.3 Å². The number of benzene rings is 1. The minimum absolute atomic E-state index is 0.245. The number of hydrogen-bond acceptors (Lipinski definition) is 5. The minimum Gasteiger partial charge on any atom is -0.497 e. The Morgan fingerprint density at radius 3 is 2.94 bits per heavy atom. The molecule has 0 saturated heterocycles. The zero-order chi connectivity index (χ0) is 13.2. The van der Waals surface area contributed by atoms with Gasteiger partial charge in [-0.25, -0.2) is 0 Å². The first-order valence-corrected chi connectivity index (χ1v) is 6.98. The fourth-order valence-corrected chi connectivity index (χ4v) is 2.20. The summed E-state index contributed by atoms with van der Waals surface area (Å²) >= 11 is 1.78. The van der Waals surface area contributed by atoms with E-state index in [9.17, 15) is 0 Å². The van der Waals surface area contributed by atoms with Gasteiger partial charge in [-0.1, -0.05) is 0 Å². The summed E-state index contributed by atoms with van der Waals surface area (Å²) in [7, 11) is 1.61. The number of rotatable bonds is 8. The highest BCUT2D eigenvalue weighted by Gasteiger charge is 2.03. The number of nitriles is 1. The molecule has 0 atom stereocenters. The van der Waals surface area contributed by atoms with Crippen molar-refractivity contribution < 1.29 is 9.84 Å². The summed E-state index contributed by atoms with van der Waals surface area (Å²) in [6.45, 7) is 1.03. The van der Waals surface area contributed by atoms with Gasteiger partial charge < -0.3 is 15.2 Å². The van der Waals surface area contributed by atoms with Crippen LogP contribution in [-0.2, 0) is 0 Å². The number of nitrogens with zero attached hydrogens (tertiary/aromatic N) is 1. The Kier molecular flexibility index (Phi) is 7.07. The molecular formula is C13H18N2O2S. The largest absolute Gasteiger partial charge is 0.497 e. The highest BCUT2D eigenvalue weighted by Crippen LogP contribution is 2.21. The summed E-state index contributed by atoms with van der Waals surface area (Å²) < 4.78 is 5.13. The first kappa shape index (κ1) is 14.7. The van der Waals surface area contributed by atoms with Crippen molar-refractivity contribution in [1.82, 2.24) is 0 Å².